The number of carbonyl (C=O) groups is 2. The van der Waals surface area contributed by atoms with E-state index >= 15 is 0 Å². The summed E-state index contributed by atoms with van der Waals surface area (Å²) in [5, 5.41) is 11.6. The second-order valence-electron chi connectivity index (χ2n) is 7.15. The number of carbonyl (C=O) groups excluding carboxylic acids is 2. The van der Waals surface area contributed by atoms with Crippen molar-refractivity contribution in [2.24, 2.45) is 5.92 Å². The fraction of sp³-hybridized carbons (Fsp3) is 0.526. The topological polar surface area (TPSA) is 67.2 Å². The quantitative estimate of drug-likeness (QED) is 0.846. The number of hydrogen-bond acceptors (Lipinski definition) is 4. The van der Waals surface area contributed by atoms with Crippen molar-refractivity contribution in [3.63, 3.8) is 0 Å². The second kappa shape index (κ2) is 7.61. The van der Waals surface area contributed by atoms with Gasteiger partial charge in [-0.05, 0) is 47.7 Å². The van der Waals surface area contributed by atoms with E-state index in [1.807, 2.05) is 21.0 Å². The number of fused-ring (bicyclic) bond motifs is 1. The van der Waals surface area contributed by atoms with E-state index in [0.717, 1.165) is 43.7 Å². The highest BCUT2D eigenvalue weighted by Gasteiger charge is 2.31. The number of nitrogens with zero attached hydrogens (tertiary/aromatic N) is 3. The van der Waals surface area contributed by atoms with Crippen LogP contribution in [0.1, 0.15) is 42.6 Å². The molecule has 1 fully saturated rings. The lowest BCUT2D eigenvalue weighted by atomic mass is 9.84. The van der Waals surface area contributed by atoms with Crippen molar-refractivity contribution < 1.29 is 9.59 Å². The summed E-state index contributed by atoms with van der Waals surface area (Å²) < 4.78 is 1.97. The molecule has 6 nitrogen and oxygen atoms in total. The first-order valence-corrected chi connectivity index (χ1v) is 10.3. The molecule has 2 amide bonds. The highest BCUT2D eigenvalue weighted by molar-refractivity contribution is 7.07. The van der Waals surface area contributed by atoms with E-state index in [4.69, 9.17) is 0 Å². The van der Waals surface area contributed by atoms with Crippen molar-refractivity contribution in [2.45, 2.75) is 51.7 Å². The zero-order valence-corrected chi connectivity index (χ0v) is 15.6. The molecule has 0 radical (unpaired) electrons. The Kier molecular flexibility index (Phi) is 5.06. The molecule has 1 saturated carbocycles. The van der Waals surface area contributed by atoms with Crippen molar-refractivity contribution >= 4 is 23.2 Å². The Bertz CT molecular complexity index is 780. The molecule has 1 aliphatic heterocycles. The minimum atomic E-state index is 0.0453. The van der Waals surface area contributed by atoms with Crippen LogP contribution in [0, 0.1) is 5.92 Å². The summed E-state index contributed by atoms with van der Waals surface area (Å²) >= 11 is 1.65. The molecule has 3 heterocycles. The van der Waals surface area contributed by atoms with Gasteiger partial charge in [0.05, 0.1) is 31.0 Å². The van der Waals surface area contributed by atoms with Crippen LogP contribution < -0.4 is 5.32 Å². The minimum Gasteiger partial charge on any atom is -0.350 e. The molecule has 0 unspecified atom stereocenters. The molecular weight excluding hydrogens is 348 g/mol. The number of thiophene rings is 1. The van der Waals surface area contributed by atoms with Crippen LogP contribution in [-0.4, -0.2) is 33.0 Å². The van der Waals surface area contributed by atoms with E-state index in [-0.39, 0.29) is 11.8 Å². The molecular formula is C19H24N4O2S. The molecule has 1 aliphatic carbocycles. The molecule has 2 aromatic rings. The van der Waals surface area contributed by atoms with Crippen LogP contribution in [0.4, 0.5) is 0 Å². The van der Waals surface area contributed by atoms with Gasteiger partial charge < -0.3 is 10.2 Å². The van der Waals surface area contributed by atoms with E-state index in [2.05, 4.69) is 21.9 Å². The molecule has 0 aromatic carbocycles. The Morgan fingerprint density at radius 3 is 2.92 bits per heavy atom. The monoisotopic (exact) mass is 372 g/mol. The van der Waals surface area contributed by atoms with Gasteiger partial charge in [-0.1, -0.05) is 6.42 Å². The van der Waals surface area contributed by atoms with Crippen LogP contribution in [0.3, 0.4) is 0 Å². The first-order valence-electron chi connectivity index (χ1n) is 9.31. The first kappa shape index (κ1) is 17.3. The van der Waals surface area contributed by atoms with E-state index in [9.17, 15) is 9.59 Å². The highest BCUT2D eigenvalue weighted by atomic mass is 32.1. The average molecular weight is 372 g/mol. The van der Waals surface area contributed by atoms with Crippen LogP contribution in [0.2, 0.25) is 0 Å². The summed E-state index contributed by atoms with van der Waals surface area (Å²) in [6.45, 7) is 2.55. The van der Waals surface area contributed by atoms with E-state index in [1.54, 1.807) is 11.3 Å². The van der Waals surface area contributed by atoms with Crippen LogP contribution in [0.15, 0.2) is 22.9 Å². The summed E-state index contributed by atoms with van der Waals surface area (Å²) in [7, 11) is 0. The number of amides is 2. The molecule has 4 rings (SSSR count). The highest BCUT2D eigenvalue weighted by Crippen LogP contribution is 2.29. The van der Waals surface area contributed by atoms with Gasteiger partial charge in [-0.3, -0.25) is 14.3 Å². The summed E-state index contributed by atoms with van der Waals surface area (Å²) in [6.07, 6.45) is 4.52. The van der Waals surface area contributed by atoms with Gasteiger partial charge >= 0.3 is 0 Å². The van der Waals surface area contributed by atoms with Gasteiger partial charge in [0, 0.05) is 18.9 Å². The predicted octanol–water partition coefficient (Wildman–Crippen LogP) is 2.34. The standard InChI is InChI=1S/C19H24N4O2S/c24-18(5-4-14-6-9-26-13-14)20-11-16-10-17-12-22(7-8-23(17)21-16)19(25)15-2-1-3-15/h6,9-10,13,15H,1-5,7-8,11-12H2,(H,20,24). The molecule has 0 saturated heterocycles. The summed E-state index contributed by atoms with van der Waals surface area (Å²) in [4.78, 5) is 26.4. The molecule has 26 heavy (non-hydrogen) atoms. The maximum atomic E-state index is 12.4. The Morgan fingerprint density at radius 2 is 2.19 bits per heavy atom. The zero-order valence-electron chi connectivity index (χ0n) is 14.8. The zero-order chi connectivity index (χ0) is 17.9. The van der Waals surface area contributed by atoms with Gasteiger partial charge in [0.1, 0.15) is 0 Å². The number of hydrogen-bond donors (Lipinski definition) is 1. The fourth-order valence-electron chi connectivity index (χ4n) is 3.48. The second-order valence-corrected chi connectivity index (χ2v) is 7.93. The number of rotatable bonds is 6. The Hall–Kier alpha value is -2.15. The molecule has 7 heteroatoms. The Morgan fingerprint density at radius 1 is 1.31 bits per heavy atom. The number of nitrogens with one attached hydrogen (secondary N) is 1. The molecule has 1 N–H and O–H groups in total. The van der Waals surface area contributed by atoms with Gasteiger partial charge in [-0.25, -0.2) is 0 Å². The Labute approximate surface area is 157 Å². The largest absolute Gasteiger partial charge is 0.350 e. The lowest BCUT2D eigenvalue weighted by Gasteiger charge is -2.34. The van der Waals surface area contributed by atoms with E-state index in [0.29, 0.717) is 25.4 Å². The lowest BCUT2D eigenvalue weighted by molar-refractivity contribution is -0.139. The van der Waals surface area contributed by atoms with Gasteiger partial charge in [-0.15, -0.1) is 0 Å². The summed E-state index contributed by atoms with van der Waals surface area (Å²) in [6, 6.07) is 4.07. The van der Waals surface area contributed by atoms with Crippen LogP contribution in [0.25, 0.3) is 0 Å². The van der Waals surface area contributed by atoms with E-state index < -0.39 is 0 Å². The third-order valence-corrected chi connectivity index (χ3v) is 6.03. The first-order chi connectivity index (χ1) is 12.7. The van der Waals surface area contributed by atoms with E-state index in [1.165, 1.54) is 12.0 Å². The molecule has 2 aromatic heterocycles. The molecule has 2 aliphatic rings. The molecule has 0 spiro atoms. The third kappa shape index (κ3) is 3.82. The SMILES string of the molecule is O=C(CCc1ccsc1)NCc1cc2n(n1)CCN(C(=O)C1CCC1)C2. The lowest BCUT2D eigenvalue weighted by Crippen LogP contribution is -2.43. The molecule has 0 bridgehead atoms. The fourth-order valence-corrected chi connectivity index (χ4v) is 4.19. The van der Waals surface area contributed by atoms with Gasteiger partial charge in [0.2, 0.25) is 11.8 Å². The normalized spacial score (nSPS) is 16.8. The van der Waals surface area contributed by atoms with Gasteiger partial charge in [0.15, 0.2) is 0 Å². The Balaban J connectivity index is 1.27. The van der Waals surface area contributed by atoms with Crippen LogP contribution in [-0.2, 0) is 35.6 Å². The summed E-state index contributed by atoms with van der Waals surface area (Å²) in [5.41, 5.74) is 3.13. The van der Waals surface area contributed by atoms with Crippen molar-refractivity contribution in [1.82, 2.24) is 20.0 Å². The van der Waals surface area contributed by atoms with Crippen molar-refractivity contribution in [3.8, 4) is 0 Å². The summed E-state index contributed by atoms with van der Waals surface area (Å²) in [5.74, 6) is 0.586. The minimum absolute atomic E-state index is 0.0453. The van der Waals surface area contributed by atoms with Crippen molar-refractivity contribution in [3.05, 3.63) is 39.8 Å². The number of aromatic nitrogens is 2. The van der Waals surface area contributed by atoms with Gasteiger partial charge in [0.25, 0.3) is 0 Å². The predicted molar refractivity (Wildman–Crippen MR) is 99.5 cm³/mol. The maximum absolute atomic E-state index is 12.4. The van der Waals surface area contributed by atoms with Crippen LogP contribution in [0.5, 0.6) is 0 Å². The maximum Gasteiger partial charge on any atom is 0.226 e. The molecule has 0 atom stereocenters. The smallest absolute Gasteiger partial charge is 0.226 e. The third-order valence-electron chi connectivity index (χ3n) is 5.30. The van der Waals surface area contributed by atoms with Crippen LogP contribution >= 0.6 is 11.3 Å². The average Bonchev–Trinajstić information content (AvgIpc) is 3.24. The number of aryl methyl sites for hydroxylation is 1. The molecule has 138 valence electrons. The van der Waals surface area contributed by atoms with Gasteiger partial charge in [-0.2, -0.15) is 16.4 Å². The van der Waals surface area contributed by atoms with Crippen molar-refractivity contribution in [2.75, 3.05) is 6.54 Å². The van der Waals surface area contributed by atoms with Crippen molar-refractivity contribution in [1.29, 1.82) is 0 Å².